The number of aromatic nitrogens is 2. The van der Waals surface area contributed by atoms with Crippen LogP contribution in [0.15, 0.2) is 35.1 Å². The van der Waals surface area contributed by atoms with Gasteiger partial charge in [-0.25, -0.2) is 4.79 Å². The third kappa shape index (κ3) is 5.99. The van der Waals surface area contributed by atoms with Crippen molar-refractivity contribution in [2.45, 2.75) is 45.6 Å². The van der Waals surface area contributed by atoms with Gasteiger partial charge in [-0.1, -0.05) is 11.2 Å². The molecule has 34 heavy (non-hydrogen) atoms. The quantitative estimate of drug-likeness (QED) is 0.501. The van der Waals surface area contributed by atoms with Crippen molar-refractivity contribution in [2.75, 3.05) is 11.9 Å². The number of rotatable bonds is 8. The number of hydrogen-bond acceptors (Lipinski definition) is 8. The molecule has 0 aliphatic heterocycles. The van der Waals surface area contributed by atoms with E-state index in [0.29, 0.717) is 42.0 Å². The number of nitrogens with one attached hydrogen (secondary N) is 2. The number of aryl methyl sites for hydroxylation is 2. The van der Waals surface area contributed by atoms with Crippen LogP contribution in [0.3, 0.4) is 0 Å². The summed E-state index contributed by atoms with van der Waals surface area (Å²) in [5.41, 5.74) is 3.29. The number of hydrogen-bond donors (Lipinski definition) is 2. The molecule has 0 radical (unpaired) electrons. The molecule has 9 nitrogen and oxygen atoms in total. The number of thiophene rings is 1. The molecule has 2 amide bonds. The van der Waals surface area contributed by atoms with Crippen LogP contribution in [0.25, 0.3) is 0 Å². The smallest absolute Gasteiger partial charge is 0.407 e. The second kappa shape index (κ2) is 10.9. The lowest BCUT2D eigenvalue weighted by molar-refractivity contribution is -0.116. The molecule has 1 atom stereocenters. The van der Waals surface area contributed by atoms with Gasteiger partial charge in [-0.3, -0.25) is 9.78 Å². The predicted molar refractivity (Wildman–Crippen MR) is 125 cm³/mol. The Balaban J connectivity index is 1.28. The molecule has 10 heteroatoms. The van der Waals surface area contributed by atoms with Gasteiger partial charge in [0, 0.05) is 29.8 Å². The number of fused-ring (bicyclic) bond motifs is 1. The summed E-state index contributed by atoms with van der Waals surface area (Å²) < 4.78 is 10.4. The lowest BCUT2D eigenvalue weighted by Gasteiger charge is -2.21. The Morgan fingerprint density at radius 1 is 1.41 bits per heavy atom. The Bertz CT molecular complexity index is 1200. The van der Waals surface area contributed by atoms with Crippen LogP contribution in [0.5, 0.6) is 0 Å². The van der Waals surface area contributed by atoms with Crippen molar-refractivity contribution in [1.29, 1.82) is 5.26 Å². The van der Waals surface area contributed by atoms with E-state index in [2.05, 4.69) is 26.8 Å². The average Bonchev–Trinajstić information content (AvgIpc) is 3.42. The van der Waals surface area contributed by atoms with Crippen molar-refractivity contribution in [3.8, 4) is 6.07 Å². The van der Waals surface area contributed by atoms with Gasteiger partial charge in [-0.2, -0.15) is 5.26 Å². The molecule has 1 unspecified atom stereocenters. The maximum Gasteiger partial charge on any atom is 0.407 e. The Morgan fingerprint density at radius 3 is 3.03 bits per heavy atom. The average molecular weight is 480 g/mol. The molecule has 4 rings (SSSR count). The maximum atomic E-state index is 12.5. The fourth-order valence-corrected chi connectivity index (χ4v) is 5.23. The highest BCUT2D eigenvalue weighted by Gasteiger charge is 2.27. The zero-order chi connectivity index (χ0) is 23.9. The number of pyridine rings is 1. The molecule has 0 saturated carbocycles. The molecule has 0 spiro atoms. The van der Waals surface area contributed by atoms with Crippen LogP contribution < -0.4 is 10.6 Å². The Kier molecular flexibility index (Phi) is 7.54. The molecular weight excluding hydrogens is 454 g/mol. The third-order valence-corrected chi connectivity index (χ3v) is 6.80. The van der Waals surface area contributed by atoms with Crippen molar-refractivity contribution in [3.05, 3.63) is 63.6 Å². The summed E-state index contributed by atoms with van der Waals surface area (Å²) in [4.78, 5) is 29.6. The summed E-state index contributed by atoms with van der Waals surface area (Å²) in [5, 5.41) is 19.6. The molecule has 0 bridgehead atoms. The topological polar surface area (TPSA) is 130 Å². The number of ether oxygens (including phenoxy) is 1. The zero-order valence-electron chi connectivity index (χ0n) is 18.8. The molecule has 0 fully saturated rings. The summed E-state index contributed by atoms with van der Waals surface area (Å²) >= 11 is 1.44. The minimum atomic E-state index is -0.509. The fourth-order valence-electron chi connectivity index (χ4n) is 3.90. The van der Waals surface area contributed by atoms with E-state index in [-0.39, 0.29) is 25.0 Å². The Labute approximate surface area is 201 Å². The van der Waals surface area contributed by atoms with Crippen LogP contribution in [0.1, 0.15) is 45.9 Å². The number of nitrogens with zero attached hydrogens (tertiary/aromatic N) is 3. The second-order valence-electron chi connectivity index (χ2n) is 8.22. The van der Waals surface area contributed by atoms with Crippen molar-refractivity contribution < 1.29 is 18.8 Å². The molecule has 3 aromatic heterocycles. The van der Waals surface area contributed by atoms with Crippen LogP contribution in [0, 0.1) is 24.2 Å². The second-order valence-corrected chi connectivity index (χ2v) is 9.33. The Hall–Kier alpha value is -3.71. The van der Waals surface area contributed by atoms with E-state index in [9.17, 15) is 14.9 Å². The van der Waals surface area contributed by atoms with Crippen LogP contribution in [0.2, 0.25) is 0 Å². The summed E-state index contributed by atoms with van der Waals surface area (Å²) in [6, 6.07) is 7.79. The predicted octanol–water partition coefficient (Wildman–Crippen LogP) is 3.91. The van der Waals surface area contributed by atoms with Crippen LogP contribution in [-0.2, 0) is 35.3 Å². The van der Waals surface area contributed by atoms with Gasteiger partial charge in [0.05, 0.1) is 24.4 Å². The zero-order valence-corrected chi connectivity index (χ0v) is 19.6. The summed E-state index contributed by atoms with van der Waals surface area (Å²) in [5.74, 6) is 0.594. The van der Waals surface area contributed by atoms with Crippen LogP contribution >= 0.6 is 11.3 Å². The SMILES string of the molecule is Cc1cc(CNC(=O)OCC2CCc3c(sc(NC(=O)CCc4cccnc4)c3C#N)C2)on1. The third-order valence-electron chi connectivity index (χ3n) is 5.63. The maximum absolute atomic E-state index is 12.5. The Morgan fingerprint density at radius 2 is 2.29 bits per heavy atom. The standard InChI is InChI=1S/C24H25N5O4S/c1-15-9-18(33-29-15)13-27-24(31)32-14-17-4-6-19-20(11-25)23(34-21(19)10-17)28-22(30)7-5-16-3-2-8-26-12-16/h2-3,8-9,12,17H,4-7,10,13-14H2,1H3,(H,27,31)(H,28,30). The number of nitriles is 1. The van der Waals surface area contributed by atoms with E-state index in [1.807, 2.05) is 19.1 Å². The summed E-state index contributed by atoms with van der Waals surface area (Å²) in [6.45, 7) is 2.31. The number of alkyl carbamates (subject to hydrolysis) is 1. The molecule has 3 heterocycles. The van der Waals surface area contributed by atoms with Gasteiger partial charge in [-0.15, -0.1) is 11.3 Å². The first-order valence-corrected chi connectivity index (χ1v) is 11.9. The number of carbonyl (C=O) groups excluding carboxylic acids is 2. The number of anilines is 1. The minimum absolute atomic E-state index is 0.127. The van der Waals surface area contributed by atoms with Gasteiger partial charge in [0.15, 0.2) is 5.76 Å². The molecular formula is C24H25N5O4S. The van der Waals surface area contributed by atoms with E-state index in [4.69, 9.17) is 9.26 Å². The first-order valence-electron chi connectivity index (χ1n) is 11.1. The molecule has 1 aliphatic rings. The molecule has 1 aliphatic carbocycles. The van der Waals surface area contributed by atoms with Crippen LogP contribution in [-0.4, -0.2) is 28.7 Å². The first kappa shape index (κ1) is 23.4. The molecule has 0 saturated heterocycles. The summed E-state index contributed by atoms with van der Waals surface area (Å²) in [6.07, 6.45) is 6.06. The van der Waals surface area contributed by atoms with Gasteiger partial charge < -0.3 is 19.9 Å². The van der Waals surface area contributed by atoms with Gasteiger partial charge in [0.25, 0.3) is 0 Å². The first-order chi connectivity index (χ1) is 16.5. The van der Waals surface area contributed by atoms with Gasteiger partial charge in [-0.05, 0) is 55.7 Å². The fraction of sp³-hybridized carbons (Fsp3) is 0.375. The van der Waals surface area contributed by atoms with E-state index in [0.717, 1.165) is 28.1 Å². The van der Waals surface area contributed by atoms with Crippen molar-refractivity contribution in [1.82, 2.24) is 15.5 Å². The van der Waals surface area contributed by atoms with Gasteiger partial charge >= 0.3 is 6.09 Å². The molecule has 3 aromatic rings. The lowest BCUT2D eigenvalue weighted by atomic mass is 9.88. The summed E-state index contributed by atoms with van der Waals surface area (Å²) in [7, 11) is 0. The lowest BCUT2D eigenvalue weighted by Crippen LogP contribution is -2.27. The monoisotopic (exact) mass is 479 g/mol. The van der Waals surface area contributed by atoms with Crippen molar-refractivity contribution in [2.24, 2.45) is 5.92 Å². The van der Waals surface area contributed by atoms with Gasteiger partial charge in [0.1, 0.15) is 11.1 Å². The highest BCUT2D eigenvalue weighted by Crippen LogP contribution is 2.39. The molecule has 2 N–H and O–H groups in total. The largest absolute Gasteiger partial charge is 0.449 e. The number of carbonyl (C=O) groups is 2. The molecule has 0 aromatic carbocycles. The van der Waals surface area contributed by atoms with E-state index >= 15 is 0 Å². The molecule has 176 valence electrons. The normalized spacial score (nSPS) is 14.6. The van der Waals surface area contributed by atoms with Gasteiger partial charge in [0.2, 0.25) is 5.91 Å². The van der Waals surface area contributed by atoms with E-state index < -0.39 is 6.09 Å². The minimum Gasteiger partial charge on any atom is -0.449 e. The van der Waals surface area contributed by atoms with Crippen molar-refractivity contribution >= 4 is 28.3 Å². The number of amides is 2. The van der Waals surface area contributed by atoms with Crippen molar-refractivity contribution in [3.63, 3.8) is 0 Å². The van der Waals surface area contributed by atoms with Crippen LogP contribution in [0.4, 0.5) is 9.80 Å². The van der Waals surface area contributed by atoms with E-state index in [1.165, 1.54) is 11.3 Å². The highest BCUT2D eigenvalue weighted by atomic mass is 32.1. The highest BCUT2D eigenvalue weighted by molar-refractivity contribution is 7.16. The van der Waals surface area contributed by atoms with E-state index in [1.54, 1.807) is 18.5 Å².